The van der Waals surface area contributed by atoms with E-state index in [0.29, 0.717) is 6.54 Å². The molecule has 0 bridgehead atoms. The molecule has 0 aliphatic carbocycles. The number of amides is 1. The third-order valence-corrected chi connectivity index (χ3v) is 2.75. The van der Waals surface area contributed by atoms with Gasteiger partial charge in [0.15, 0.2) is 0 Å². The van der Waals surface area contributed by atoms with Crippen molar-refractivity contribution in [3.05, 3.63) is 41.5 Å². The van der Waals surface area contributed by atoms with Gasteiger partial charge >= 0.3 is 6.09 Å². The number of ether oxygens (including phenoxy) is 1. The molecule has 0 aromatic heterocycles. The van der Waals surface area contributed by atoms with E-state index in [4.69, 9.17) is 9.84 Å². The average molecular weight is 291 g/mol. The lowest BCUT2D eigenvalue weighted by molar-refractivity contribution is 0.0527. The zero-order chi connectivity index (χ0) is 15.7. The van der Waals surface area contributed by atoms with Gasteiger partial charge in [-0.15, -0.1) is 0 Å². The summed E-state index contributed by atoms with van der Waals surface area (Å²) in [6.45, 7) is 6.14. The quantitative estimate of drug-likeness (QED) is 0.792. The van der Waals surface area contributed by atoms with Crippen molar-refractivity contribution in [2.24, 2.45) is 0 Å². The van der Waals surface area contributed by atoms with Gasteiger partial charge in [0.2, 0.25) is 0 Å². The summed E-state index contributed by atoms with van der Waals surface area (Å²) in [6.07, 6.45) is 4.95. The number of rotatable bonds is 6. The molecule has 0 spiro atoms. The Morgan fingerprint density at radius 3 is 2.71 bits per heavy atom. The summed E-state index contributed by atoms with van der Waals surface area (Å²) in [4.78, 5) is 11.5. The number of hydrogen-bond acceptors (Lipinski definition) is 3. The Bertz CT molecular complexity index is 475. The normalized spacial score (nSPS) is 11.6. The van der Waals surface area contributed by atoms with Gasteiger partial charge in [0, 0.05) is 6.54 Å². The highest BCUT2D eigenvalue weighted by atomic mass is 16.6. The van der Waals surface area contributed by atoms with Crippen LogP contribution >= 0.6 is 0 Å². The zero-order valence-corrected chi connectivity index (χ0v) is 13.1. The molecule has 1 aromatic carbocycles. The summed E-state index contributed by atoms with van der Waals surface area (Å²) < 4.78 is 5.18. The Hall–Kier alpha value is -1.81. The lowest BCUT2D eigenvalue weighted by atomic mass is 10.0. The maximum atomic E-state index is 11.5. The number of aryl methyl sites for hydroxylation is 1. The summed E-state index contributed by atoms with van der Waals surface area (Å²) >= 11 is 0. The van der Waals surface area contributed by atoms with E-state index in [1.54, 1.807) is 6.08 Å². The summed E-state index contributed by atoms with van der Waals surface area (Å²) in [6, 6.07) is 8.04. The van der Waals surface area contributed by atoms with Crippen LogP contribution in [0.2, 0.25) is 0 Å². The van der Waals surface area contributed by atoms with Gasteiger partial charge in [0.25, 0.3) is 0 Å². The molecule has 2 N–H and O–H groups in total. The van der Waals surface area contributed by atoms with E-state index in [1.165, 1.54) is 5.56 Å². The van der Waals surface area contributed by atoms with Gasteiger partial charge in [-0.05, 0) is 44.7 Å². The molecule has 0 saturated carbocycles. The third-order valence-electron chi connectivity index (χ3n) is 2.75. The number of benzene rings is 1. The maximum Gasteiger partial charge on any atom is 0.407 e. The van der Waals surface area contributed by atoms with Crippen LogP contribution in [0.4, 0.5) is 4.79 Å². The van der Waals surface area contributed by atoms with Gasteiger partial charge in [0.1, 0.15) is 5.60 Å². The van der Waals surface area contributed by atoms with Crippen molar-refractivity contribution in [3.63, 3.8) is 0 Å². The first kappa shape index (κ1) is 17.2. The van der Waals surface area contributed by atoms with E-state index in [2.05, 4.69) is 11.4 Å². The van der Waals surface area contributed by atoms with Crippen LogP contribution in [0.15, 0.2) is 30.3 Å². The molecule has 116 valence electrons. The molecule has 4 nitrogen and oxygen atoms in total. The van der Waals surface area contributed by atoms with Crippen molar-refractivity contribution in [3.8, 4) is 0 Å². The van der Waals surface area contributed by atoms with E-state index < -0.39 is 5.60 Å². The molecule has 0 aliphatic rings. The van der Waals surface area contributed by atoms with Crippen molar-refractivity contribution in [2.75, 3.05) is 13.2 Å². The first-order valence-corrected chi connectivity index (χ1v) is 7.24. The molecule has 1 amide bonds. The second-order valence-electron chi connectivity index (χ2n) is 5.82. The van der Waals surface area contributed by atoms with Gasteiger partial charge in [0.05, 0.1) is 6.61 Å². The summed E-state index contributed by atoms with van der Waals surface area (Å²) in [5, 5.41) is 11.6. The van der Waals surface area contributed by atoms with E-state index in [1.807, 2.05) is 45.0 Å². The number of carbonyl (C=O) groups excluding carboxylic acids is 1. The van der Waals surface area contributed by atoms with Crippen molar-refractivity contribution < 1.29 is 14.6 Å². The molecule has 1 aromatic rings. The van der Waals surface area contributed by atoms with Crippen LogP contribution in [-0.2, 0) is 11.2 Å². The van der Waals surface area contributed by atoms with Crippen LogP contribution in [-0.4, -0.2) is 30.0 Å². The molecule has 0 radical (unpaired) electrons. The van der Waals surface area contributed by atoms with Crippen molar-refractivity contribution >= 4 is 12.2 Å². The Balaban J connectivity index is 2.39. The van der Waals surface area contributed by atoms with E-state index >= 15 is 0 Å². The third kappa shape index (κ3) is 7.51. The fourth-order valence-electron chi connectivity index (χ4n) is 1.89. The number of aliphatic hydroxyl groups is 1. The number of aliphatic hydroxyl groups excluding tert-OH is 1. The predicted octanol–water partition coefficient (Wildman–Crippen LogP) is 3.15. The lowest BCUT2D eigenvalue weighted by Crippen LogP contribution is -2.33. The minimum absolute atomic E-state index is 0.0362. The number of nitrogens with one attached hydrogen (secondary N) is 1. The van der Waals surface area contributed by atoms with Crippen LogP contribution in [0.1, 0.15) is 38.3 Å². The van der Waals surface area contributed by atoms with Crippen molar-refractivity contribution in [1.29, 1.82) is 0 Å². The van der Waals surface area contributed by atoms with Crippen LogP contribution in [0.5, 0.6) is 0 Å². The highest BCUT2D eigenvalue weighted by molar-refractivity contribution is 5.67. The number of carbonyl (C=O) groups is 1. The first-order valence-electron chi connectivity index (χ1n) is 7.24. The second-order valence-corrected chi connectivity index (χ2v) is 5.82. The molecule has 21 heavy (non-hydrogen) atoms. The summed E-state index contributed by atoms with van der Waals surface area (Å²) in [5.41, 5.74) is 1.84. The summed E-state index contributed by atoms with van der Waals surface area (Å²) in [5.74, 6) is 0. The van der Waals surface area contributed by atoms with Crippen LogP contribution < -0.4 is 5.32 Å². The van der Waals surface area contributed by atoms with Crippen LogP contribution in [0.25, 0.3) is 6.08 Å². The molecule has 1 rings (SSSR count). The average Bonchev–Trinajstić information content (AvgIpc) is 2.40. The zero-order valence-electron chi connectivity index (χ0n) is 13.1. The minimum atomic E-state index is -0.466. The Morgan fingerprint density at radius 1 is 1.33 bits per heavy atom. The Morgan fingerprint density at radius 2 is 2.05 bits per heavy atom. The fourth-order valence-corrected chi connectivity index (χ4v) is 1.89. The molecular weight excluding hydrogens is 266 g/mol. The SMILES string of the molecule is CC(C)(C)OC(=O)NCCCc1ccccc1/C=C/CO. The Kier molecular flexibility index (Phi) is 6.96. The monoisotopic (exact) mass is 291 g/mol. The van der Waals surface area contributed by atoms with E-state index in [-0.39, 0.29) is 12.7 Å². The number of hydrogen-bond donors (Lipinski definition) is 2. The highest BCUT2D eigenvalue weighted by Gasteiger charge is 2.15. The van der Waals surface area contributed by atoms with Crippen LogP contribution in [0.3, 0.4) is 0 Å². The smallest absolute Gasteiger partial charge is 0.407 e. The second kappa shape index (κ2) is 8.47. The first-order chi connectivity index (χ1) is 9.92. The van der Waals surface area contributed by atoms with Gasteiger partial charge < -0.3 is 15.2 Å². The Labute approximate surface area is 126 Å². The predicted molar refractivity (Wildman–Crippen MR) is 85.1 cm³/mol. The van der Waals surface area contributed by atoms with E-state index in [0.717, 1.165) is 18.4 Å². The summed E-state index contributed by atoms with van der Waals surface area (Å²) in [7, 11) is 0. The molecule has 4 heteroatoms. The molecule has 0 atom stereocenters. The maximum absolute atomic E-state index is 11.5. The number of alkyl carbamates (subject to hydrolysis) is 1. The van der Waals surface area contributed by atoms with Crippen LogP contribution in [0, 0.1) is 0 Å². The van der Waals surface area contributed by atoms with Crippen molar-refractivity contribution in [1.82, 2.24) is 5.32 Å². The minimum Gasteiger partial charge on any atom is -0.444 e. The molecule has 0 unspecified atom stereocenters. The topological polar surface area (TPSA) is 58.6 Å². The molecule has 0 fully saturated rings. The standard InChI is InChI=1S/C17H25NO3/c1-17(2,3)21-16(20)18-12-6-10-14-8-4-5-9-15(14)11-7-13-19/h4-5,7-9,11,19H,6,10,12-13H2,1-3H3,(H,18,20)/b11-7+. The largest absolute Gasteiger partial charge is 0.444 e. The van der Waals surface area contributed by atoms with E-state index in [9.17, 15) is 4.79 Å². The van der Waals surface area contributed by atoms with Gasteiger partial charge in [-0.3, -0.25) is 0 Å². The molecule has 0 saturated heterocycles. The van der Waals surface area contributed by atoms with Gasteiger partial charge in [-0.2, -0.15) is 0 Å². The lowest BCUT2D eigenvalue weighted by Gasteiger charge is -2.19. The molecular formula is C17H25NO3. The van der Waals surface area contributed by atoms with Gasteiger partial charge in [-0.1, -0.05) is 36.4 Å². The van der Waals surface area contributed by atoms with Gasteiger partial charge in [-0.25, -0.2) is 4.79 Å². The van der Waals surface area contributed by atoms with Crippen molar-refractivity contribution in [2.45, 2.75) is 39.2 Å². The molecule has 0 heterocycles. The fraction of sp³-hybridized carbons (Fsp3) is 0.471. The molecule has 0 aliphatic heterocycles. The highest BCUT2D eigenvalue weighted by Crippen LogP contribution is 2.13.